The summed E-state index contributed by atoms with van der Waals surface area (Å²) >= 11 is 0. The molecule has 25 heavy (non-hydrogen) atoms. The van der Waals surface area contributed by atoms with Crippen LogP contribution in [0.1, 0.15) is 11.1 Å². The molecule has 0 aliphatic heterocycles. The van der Waals surface area contributed by atoms with E-state index in [9.17, 15) is 13.2 Å². The Morgan fingerprint density at radius 1 is 0.720 bits per heavy atom. The highest BCUT2D eigenvalue weighted by molar-refractivity contribution is 5.91. The van der Waals surface area contributed by atoms with Gasteiger partial charge in [-0.05, 0) is 29.3 Å². The maximum atomic E-state index is 13.3. The summed E-state index contributed by atoms with van der Waals surface area (Å²) in [4.78, 5) is 0. The highest BCUT2D eigenvalue weighted by Crippen LogP contribution is 2.37. The first-order chi connectivity index (χ1) is 12.1. The molecule has 3 rings (SSSR count). The molecule has 0 aromatic heterocycles. The quantitative estimate of drug-likeness (QED) is 0.470. The van der Waals surface area contributed by atoms with Gasteiger partial charge < -0.3 is 0 Å². The summed E-state index contributed by atoms with van der Waals surface area (Å²) in [7, 11) is 0. The van der Waals surface area contributed by atoms with Gasteiger partial charge in [0, 0.05) is 5.56 Å². The topological polar surface area (TPSA) is 24.4 Å². The van der Waals surface area contributed by atoms with Gasteiger partial charge in [-0.2, -0.15) is 18.3 Å². The number of para-hydroxylation sites is 1. The average molecular weight is 340 g/mol. The third-order valence-corrected chi connectivity index (χ3v) is 3.65. The molecule has 0 atom stereocenters. The first-order valence-electron chi connectivity index (χ1n) is 7.65. The van der Waals surface area contributed by atoms with E-state index in [4.69, 9.17) is 0 Å². The Labute approximate surface area is 143 Å². The van der Waals surface area contributed by atoms with Crippen LogP contribution in [0.2, 0.25) is 0 Å². The lowest BCUT2D eigenvalue weighted by Crippen LogP contribution is -2.07. The third kappa shape index (κ3) is 4.07. The normalized spacial score (nSPS) is 11.6. The van der Waals surface area contributed by atoms with Crippen molar-refractivity contribution in [3.63, 3.8) is 0 Å². The molecule has 0 saturated heterocycles. The Balaban J connectivity index is 1.95. The fourth-order valence-corrected chi connectivity index (χ4v) is 2.51. The number of halogens is 3. The standard InChI is InChI=1S/C20H15F3N2/c21-20(22,23)19-13-7-6-12-18(19)17-11-5-4-8-15(17)14-24-25-16-9-2-1-3-10-16/h1-14,25H. The maximum absolute atomic E-state index is 13.3. The smallest absolute Gasteiger partial charge is 0.279 e. The van der Waals surface area contributed by atoms with Crippen LogP contribution in [0.4, 0.5) is 18.9 Å². The van der Waals surface area contributed by atoms with E-state index in [2.05, 4.69) is 10.5 Å². The molecule has 3 aromatic carbocycles. The zero-order valence-electron chi connectivity index (χ0n) is 13.2. The largest absolute Gasteiger partial charge is 0.417 e. The van der Waals surface area contributed by atoms with E-state index in [0.29, 0.717) is 11.1 Å². The average Bonchev–Trinajstić information content (AvgIpc) is 2.62. The molecule has 1 N–H and O–H groups in total. The molecule has 2 nitrogen and oxygen atoms in total. The van der Waals surface area contributed by atoms with Gasteiger partial charge in [-0.25, -0.2) is 0 Å². The van der Waals surface area contributed by atoms with Crippen LogP contribution in [0.25, 0.3) is 11.1 Å². The van der Waals surface area contributed by atoms with E-state index in [0.717, 1.165) is 11.8 Å². The number of hydrazone groups is 1. The number of hydrogen-bond donors (Lipinski definition) is 1. The van der Waals surface area contributed by atoms with Crippen LogP contribution in [-0.2, 0) is 6.18 Å². The van der Waals surface area contributed by atoms with E-state index in [1.54, 1.807) is 30.3 Å². The first-order valence-corrected chi connectivity index (χ1v) is 7.65. The molecule has 5 heteroatoms. The van der Waals surface area contributed by atoms with E-state index >= 15 is 0 Å². The monoisotopic (exact) mass is 340 g/mol. The Morgan fingerprint density at radius 3 is 2.04 bits per heavy atom. The van der Waals surface area contributed by atoms with Gasteiger partial charge in [0.1, 0.15) is 0 Å². The molecule has 0 aliphatic carbocycles. The van der Waals surface area contributed by atoms with Gasteiger partial charge in [-0.15, -0.1) is 0 Å². The Morgan fingerprint density at radius 2 is 1.32 bits per heavy atom. The van der Waals surface area contributed by atoms with Crippen LogP contribution in [0.3, 0.4) is 0 Å². The molecule has 0 bridgehead atoms. The van der Waals surface area contributed by atoms with Gasteiger partial charge in [0.15, 0.2) is 0 Å². The number of alkyl halides is 3. The van der Waals surface area contributed by atoms with E-state index < -0.39 is 11.7 Å². The van der Waals surface area contributed by atoms with Crippen LogP contribution in [-0.4, -0.2) is 6.21 Å². The minimum atomic E-state index is -4.41. The van der Waals surface area contributed by atoms with Gasteiger partial charge in [0.05, 0.1) is 17.5 Å². The molecule has 0 saturated carbocycles. The van der Waals surface area contributed by atoms with Gasteiger partial charge >= 0.3 is 6.18 Å². The van der Waals surface area contributed by atoms with Crippen LogP contribution < -0.4 is 5.43 Å². The van der Waals surface area contributed by atoms with Crippen molar-refractivity contribution in [2.24, 2.45) is 5.10 Å². The van der Waals surface area contributed by atoms with E-state index in [1.807, 2.05) is 30.3 Å². The fraction of sp³-hybridized carbons (Fsp3) is 0.0500. The van der Waals surface area contributed by atoms with Gasteiger partial charge in [-0.1, -0.05) is 60.7 Å². The molecule has 126 valence electrons. The Kier molecular flexibility index (Phi) is 4.84. The summed E-state index contributed by atoms with van der Waals surface area (Å²) in [5.74, 6) is 0. The molecular weight excluding hydrogens is 325 g/mol. The minimum Gasteiger partial charge on any atom is -0.279 e. The summed E-state index contributed by atoms with van der Waals surface area (Å²) in [5.41, 5.74) is 4.22. The predicted molar refractivity (Wildman–Crippen MR) is 94.5 cm³/mol. The molecule has 0 aliphatic rings. The molecule has 0 spiro atoms. The molecule has 0 fully saturated rings. The molecule has 0 unspecified atom stereocenters. The van der Waals surface area contributed by atoms with Crippen LogP contribution >= 0.6 is 0 Å². The van der Waals surface area contributed by atoms with Crippen molar-refractivity contribution in [3.8, 4) is 11.1 Å². The van der Waals surface area contributed by atoms with Crippen molar-refractivity contribution < 1.29 is 13.2 Å². The number of hydrogen-bond acceptors (Lipinski definition) is 2. The van der Waals surface area contributed by atoms with Gasteiger partial charge in [0.25, 0.3) is 0 Å². The second-order valence-corrected chi connectivity index (χ2v) is 5.37. The lowest BCUT2D eigenvalue weighted by molar-refractivity contribution is -0.137. The maximum Gasteiger partial charge on any atom is 0.417 e. The van der Waals surface area contributed by atoms with Crippen molar-refractivity contribution in [1.29, 1.82) is 0 Å². The SMILES string of the molecule is FC(F)(F)c1ccccc1-c1ccccc1C=NNc1ccccc1. The van der Waals surface area contributed by atoms with Crippen LogP contribution in [0, 0.1) is 0 Å². The molecule has 3 aromatic rings. The fourth-order valence-electron chi connectivity index (χ4n) is 2.51. The lowest BCUT2D eigenvalue weighted by Gasteiger charge is -2.14. The second-order valence-electron chi connectivity index (χ2n) is 5.37. The zero-order chi connectivity index (χ0) is 17.7. The van der Waals surface area contributed by atoms with Crippen LogP contribution in [0.15, 0.2) is 84.0 Å². The second kappa shape index (κ2) is 7.21. The zero-order valence-corrected chi connectivity index (χ0v) is 13.2. The number of nitrogens with one attached hydrogen (secondary N) is 1. The number of benzene rings is 3. The van der Waals surface area contributed by atoms with Gasteiger partial charge in [0.2, 0.25) is 0 Å². The van der Waals surface area contributed by atoms with Crippen molar-refractivity contribution >= 4 is 11.9 Å². The summed E-state index contributed by atoms with van der Waals surface area (Å²) in [6.45, 7) is 0. The van der Waals surface area contributed by atoms with E-state index in [-0.39, 0.29) is 5.56 Å². The third-order valence-electron chi connectivity index (χ3n) is 3.65. The van der Waals surface area contributed by atoms with Crippen molar-refractivity contribution in [2.75, 3.05) is 5.43 Å². The minimum absolute atomic E-state index is 0.136. The molecule has 0 radical (unpaired) electrons. The van der Waals surface area contributed by atoms with Crippen molar-refractivity contribution in [3.05, 3.63) is 90.0 Å². The van der Waals surface area contributed by atoms with Gasteiger partial charge in [-0.3, -0.25) is 5.43 Å². The Bertz CT molecular complexity index is 871. The number of anilines is 1. The highest BCUT2D eigenvalue weighted by Gasteiger charge is 2.33. The molecule has 0 heterocycles. The van der Waals surface area contributed by atoms with Crippen molar-refractivity contribution in [2.45, 2.75) is 6.18 Å². The van der Waals surface area contributed by atoms with Crippen LogP contribution in [0.5, 0.6) is 0 Å². The lowest BCUT2D eigenvalue weighted by atomic mass is 9.95. The number of nitrogens with zero attached hydrogens (tertiary/aromatic N) is 1. The van der Waals surface area contributed by atoms with E-state index in [1.165, 1.54) is 18.3 Å². The summed E-state index contributed by atoms with van der Waals surface area (Å²) in [6, 6.07) is 21.7. The first kappa shape index (κ1) is 16.8. The predicted octanol–water partition coefficient (Wildman–Crippen LogP) is 5.82. The molecule has 0 amide bonds. The highest BCUT2D eigenvalue weighted by atomic mass is 19.4. The Hall–Kier alpha value is -3.08. The molecular formula is C20H15F3N2. The van der Waals surface area contributed by atoms with Crippen molar-refractivity contribution in [1.82, 2.24) is 0 Å². The summed E-state index contributed by atoms with van der Waals surface area (Å²) in [6.07, 6.45) is -2.89. The summed E-state index contributed by atoms with van der Waals surface area (Å²) in [5, 5.41) is 4.13. The summed E-state index contributed by atoms with van der Waals surface area (Å²) < 4.78 is 39.9. The number of rotatable bonds is 4.